The van der Waals surface area contributed by atoms with E-state index < -0.39 is 0 Å². The molecule has 0 atom stereocenters. The minimum absolute atomic E-state index is 0.0242. The fourth-order valence-electron chi connectivity index (χ4n) is 2.22. The predicted octanol–water partition coefficient (Wildman–Crippen LogP) is 2.96. The molecule has 5 heteroatoms. The summed E-state index contributed by atoms with van der Waals surface area (Å²) in [7, 11) is 1.60. The van der Waals surface area contributed by atoms with E-state index in [0.29, 0.717) is 11.3 Å². The summed E-state index contributed by atoms with van der Waals surface area (Å²) in [5.74, 6) is 0.671. The molecule has 0 saturated carbocycles. The van der Waals surface area contributed by atoms with Crippen molar-refractivity contribution in [3.8, 4) is 34.3 Å². The quantitative estimate of drug-likeness (QED) is 0.775. The number of aromatic nitrogens is 2. The Morgan fingerprint density at radius 3 is 2.29 bits per heavy atom. The standard InChI is InChI=1S/C16H14N2O3/c1-21-13-4-2-11(3-5-13)14-10-15(19)18(16(14)20)12-6-8-17-9-7-12/h2-10,19-20H,1H3. The Morgan fingerprint density at radius 2 is 1.67 bits per heavy atom. The van der Waals surface area contributed by atoms with Crippen molar-refractivity contribution in [3.63, 3.8) is 0 Å². The first kappa shape index (κ1) is 13.1. The summed E-state index contributed by atoms with van der Waals surface area (Å²) < 4.78 is 6.47. The van der Waals surface area contributed by atoms with Crippen molar-refractivity contribution in [2.45, 2.75) is 0 Å². The summed E-state index contributed by atoms with van der Waals surface area (Å²) in [4.78, 5) is 3.92. The number of ether oxygens (including phenoxy) is 1. The van der Waals surface area contributed by atoms with E-state index in [4.69, 9.17) is 4.74 Å². The van der Waals surface area contributed by atoms with Gasteiger partial charge in [-0.15, -0.1) is 0 Å². The van der Waals surface area contributed by atoms with Crippen molar-refractivity contribution in [2.24, 2.45) is 0 Å². The van der Waals surface area contributed by atoms with Gasteiger partial charge in [-0.25, -0.2) is 0 Å². The first-order valence-corrected chi connectivity index (χ1v) is 6.39. The Labute approximate surface area is 121 Å². The highest BCUT2D eigenvalue weighted by Crippen LogP contribution is 2.38. The summed E-state index contributed by atoms with van der Waals surface area (Å²) in [5, 5.41) is 20.5. The van der Waals surface area contributed by atoms with Crippen LogP contribution >= 0.6 is 0 Å². The molecule has 0 aliphatic rings. The average Bonchev–Trinajstić information content (AvgIpc) is 2.83. The lowest BCUT2D eigenvalue weighted by molar-refractivity contribution is 0.403. The highest BCUT2D eigenvalue weighted by molar-refractivity contribution is 5.72. The number of nitrogens with zero attached hydrogens (tertiary/aromatic N) is 2. The second kappa shape index (κ2) is 5.20. The molecule has 106 valence electrons. The first-order valence-electron chi connectivity index (χ1n) is 6.39. The Bertz CT molecular complexity index is 749. The van der Waals surface area contributed by atoms with E-state index in [9.17, 15) is 10.2 Å². The lowest BCUT2D eigenvalue weighted by Crippen LogP contribution is -1.92. The number of benzene rings is 1. The van der Waals surface area contributed by atoms with Crippen LogP contribution in [0.15, 0.2) is 54.9 Å². The van der Waals surface area contributed by atoms with Crippen LogP contribution in [0.2, 0.25) is 0 Å². The third-order valence-corrected chi connectivity index (χ3v) is 3.28. The maximum Gasteiger partial charge on any atom is 0.206 e. The van der Waals surface area contributed by atoms with Gasteiger partial charge in [0.15, 0.2) is 5.88 Å². The maximum absolute atomic E-state index is 10.4. The molecule has 5 nitrogen and oxygen atoms in total. The van der Waals surface area contributed by atoms with Gasteiger partial charge in [0.2, 0.25) is 5.88 Å². The molecule has 0 unspecified atom stereocenters. The molecule has 0 radical (unpaired) electrons. The number of pyridine rings is 1. The molecule has 0 saturated heterocycles. The lowest BCUT2D eigenvalue weighted by atomic mass is 10.1. The Kier molecular flexibility index (Phi) is 3.23. The molecule has 0 fully saturated rings. The van der Waals surface area contributed by atoms with Gasteiger partial charge in [-0.05, 0) is 29.8 Å². The maximum atomic E-state index is 10.4. The Morgan fingerprint density at radius 1 is 1.00 bits per heavy atom. The molecule has 0 spiro atoms. The molecule has 3 aromatic rings. The Balaban J connectivity index is 2.09. The zero-order chi connectivity index (χ0) is 14.8. The lowest BCUT2D eigenvalue weighted by Gasteiger charge is -2.07. The molecule has 2 heterocycles. The smallest absolute Gasteiger partial charge is 0.206 e. The molecule has 0 aliphatic carbocycles. The summed E-state index contributed by atoms with van der Waals surface area (Å²) in [6, 6.07) is 12.2. The van der Waals surface area contributed by atoms with Gasteiger partial charge in [0.25, 0.3) is 0 Å². The summed E-state index contributed by atoms with van der Waals surface area (Å²) in [5.41, 5.74) is 1.98. The zero-order valence-corrected chi connectivity index (χ0v) is 11.4. The number of hydrogen-bond acceptors (Lipinski definition) is 4. The summed E-state index contributed by atoms with van der Waals surface area (Å²) in [6.07, 6.45) is 3.20. The van der Waals surface area contributed by atoms with Gasteiger partial charge < -0.3 is 14.9 Å². The van der Waals surface area contributed by atoms with E-state index in [1.807, 2.05) is 12.1 Å². The normalized spacial score (nSPS) is 10.5. The van der Waals surface area contributed by atoms with Gasteiger partial charge in [0, 0.05) is 24.0 Å². The second-order valence-corrected chi connectivity index (χ2v) is 4.51. The SMILES string of the molecule is COc1ccc(-c2cc(O)n(-c3ccncc3)c2O)cc1. The third-order valence-electron chi connectivity index (χ3n) is 3.28. The van der Waals surface area contributed by atoms with E-state index >= 15 is 0 Å². The van der Waals surface area contributed by atoms with Crippen LogP contribution in [0.25, 0.3) is 16.8 Å². The van der Waals surface area contributed by atoms with Crippen LogP contribution in [0.5, 0.6) is 17.5 Å². The first-order chi connectivity index (χ1) is 10.2. The fraction of sp³-hybridized carbons (Fsp3) is 0.0625. The second-order valence-electron chi connectivity index (χ2n) is 4.51. The van der Waals surface area contributed by atoms with Crippen LogP contribution in [0.3, 0.4) is 0 Å². The monoisotopic (exact) mass is 282 g/mol. The van der Waals surface area contributed by atoms with E-state index in [-0.39, 0.29) is 11.8 Å². The fourth-order valence-corrected chi connectivity index (χ4v) is 2.22. The third kappa shape index (κ3) is 2.29. The van der Waals surface area contributed by atoms with Crippen molar-refractivity contribution in [1.82, 2.24) is 9.55 Å². The van der Waals surface area contributed by atoms with Gasteiger partial charge in [-0.1, -0.05) is 12.1 Å². The van der Waals surface area contributed by atoms with Crippen molar-refractivity contribution in [3.05, 3.63) is 54.9 Å². The van der Waals surface area contributed by atoms with Crippen LogP contribution in [-0.4, -0.2) is 26.9 Å². The average molecular weight is 282 g/mol. The van der Waals surface area contributed by atoms with Crippen molar-refractivity contribution in [2.75, 3.05) is 7.11 Å². The number of rotatable bonds is 3. The topological polar surface area (TPSA) is 67.5 Å². The van der Waals surface area contributed by atoms with Gasteiger partial charge in [-0.3, -0.25) is 9.55 Å². The van der Waals surface area contributed by atoms with Crippen molar-refractivity contribution in [1.29, 1.82) is 0 Å². The number of methoxy groups -OCH3 is 1. The molecule has 1 aromatic carbocycles. The van der Waals surface area contributed by atoms with Crippen LogP contribution < -0.4 is 4.74 Å². The summed E-state index contributed by atoms with van der Waals surface area (Å²) >= 11 is 0. The van der Waals surface area contributed by atoms with E-state index in [1.54, 1.807) is 43.8 Å². The number of hydrogen-bond donors (Lipinski definition) is 2. The van der Waals surface area contributed by atoms with Gasteiger partial charge in [0.05, 0.1) is 12.8 Å². The van der Waals surface area contributed by atoms with Gasteiger partial charge in [-0.2, -0.15) is 0 Å². The van der Waals surface area contributed by atoms with Crippen LogP contribution in [-0.2, 0) is 0 Å². The van der Waals surface area contributed by atoms with Gasteiger partial charge in [0.1, 0.15) is 5.75 Å². The molecular weight excluding hydrogens is 268 g/mol. The molecule has 2 aromatic heterocycles. The minimum Gasteiger partial charge on any atom is -0.497 e. The minimum atomic E-state index is -0.0375. The van der Waals surface area contributed by atoms with Gasteiger partial charge >= 0.3 is 0 Å². The predicted molar refractivity (Wildman–Crippen MR) is 78.9 cm³/mol. The molecule has 0 bridgehead atoms. The van der Waals surface area contributed by atoms with Crippen molar-refractivity contribution >= 4 is 0 Å². The van der Waals surface area contributed by atoms with Crippen molar-refractivity contribution < 1.29 is 14.9 Å². The van der Waals surface area contributed by atoms with Crippen LogP contribution in [0.4, 0.5) is 0 Å². The largest absolute Gasteiger partial charge is 0.497 e. The number of aromatic hydroxyl groups is 2. The highest BCUT2D eigenvalue weighted by atomic mass is 16.5. The molecule has 21 heavy (non-hydrogen) atoms. The molecule has 3 rings (SSSR count). The molecule has 0 aliphatic heterocycles. The Hall–Kier alpha value is -2.95. The zero-order valence-electron chi connectivity index (χ0n) is 11.4. The van der Waals surface area contributed by atoms with E-state index in [2.05, 4.69) is 4.98 Å². The molecule has 0 amide bonds. The summed E-state index contributed by atoms with van der Waals surface area (Å²) in [6.45, 7) is 0. The van der Waals surface area contributed by atoms with Crippen LogP contribution in [0, 0.1) is 0 Å². The van der Waals surface area contributed by atoms with Crippen LogP contribution in [0.1, 0.15) is 0 Å². The molecule has 2 N–H and O–H groups in total. The van der Waals surface area contributed by atoms with E-state index in [0.717, 1.165) is 11.3 Å². The van der Waals surface area contributed by atoms with E-state index in [1.165, 1.54) is 10.6 Å². The highest BCUT2D eigenvalue weighted by Gasteiger charge is 2.16. The molecular formula is C16H14N2O3.